The summed E-state index contributed by atoms with van der Waals surface area (Å²) in [4.78, 5) is 16.3. The van der Waals surface area contributed by atoms with Gasteiger partial charge in [-0.2, -0.15) is 0 Å². The lowest BCUT2D eigenvalue weighted by atomic mass is 9.85. The summed E-state index contributed by atoms with van der Waals surface area (Å²) in [5, 5.41) is 14.6. The predicted molar refractivity (Wildman–Crippen MR) is 134 cm³/mol. The zero-order valence-electron chi connectivity index (χ0n) is 20.2. The number of fused-ring (bicyclic) bond motifs is 1. The third-order valence-corrected chi connectivity index (χ3v) is 6.27. The van der Waals surface area contributed by atoms with Crippen molar-refractivity contribution in [3.63, 3.8) is 0 Å². The molecule has 0 aliphatic rings. The van der Waals surface area contributed by atoms with Crippen LogP contribution in [0, 0.1) is 18.6 Å². The van der Waals surface area contributed by atoms with Gasteiger partial charge in [0.05, 0.1) is 11.7 Å². The van der Waals surface area contributed by atoms with Crippen molar-refractivity contribution in [2.45, 2.75) is 45.3 Å². The Bertz CT molecular complexity index is 1370. The van der Waals surface area contributed by atoms with Crippen molar-refractivity contribution in [3.8, 4) is 0 Å². The number of carbonyl (C=O) groups excluding carboxylic acids is 1. The van der Waals surface area contributed by atoms with Gasteiger partial charge < -0.3 is 20.6 Å². The van der Waals surface area contributed by atoms with E-state index in [1.807, 2.05) is 12.1 Å². The molecule has 0 bridgehead atoms. The summed E-state index contributed by atoms with van der Waals surface area (Å²) >= 11 is 0. The third kappa shape index (κ3) is 5.78. The molecule has 0 saturated heterocycles. The van der Waals surface area contributed by atoms with Gasteiger partial charge in [-0.1, -0.05) is 37.3 Å². The number of nitrogens with two attached hydrogens (primary N) is 1. The zero-order valence-corrected chi connectivity index (χ0v) is 20.2. The van der Waals surface area contributed by atoms with E-state index in [2.05, 4.69) is 29.4 Å². The first-order chi connectivity index (χ1) is 17.2. The van der Waals surface area contributed by atoms with Crippen LogP contribution in [0.4, 0.5) is 8.78 Å². The molecule has 8 heteroatoms. The van der Waals surface area contributed by atoms with Crippen LogP contribution in [0.2, 0.25) is 0 Å². The molecule has 0 fully saturated rings. The molecule has 4 rings (SSSR count). The SMILES string of the molecule is CCc1cccc(CNC[C@H](O)[C@@H](Cc2cc(F)cc(F)c2)c2ccc(C(N)=O)c3oc(C)nc23)c1. The molecule has 188 valence electrons. The predicted octanol–water partition coefficient (Wildman–Crippen LogP) is 4.55. The van der Waals surface area contributed by atoms with Crippen LogP contribution in [0.1, 0.15) is 51.3 Å². The second-order valence-electron chi connectivity index (χ2n) is 8.94. The largest absolute Gasteiger partial charge is 0.440 e. The highest BCUT2D eigenvalue weighted by molar-refractivity contribution is 6.04. The van der Waals surface area contributed by atoms with E-state index in [0.717, 1.165) is 18.1 Å². The number of aryl methyl sites for hydroxylation is 2. The molecule has 1 heterocycles. The van der Waals surface area contributed by atoms with Crippen molar-refractivity contribution in [1.29, 1.82) is 0 Å². The lowest BCUT2D eigenvalue weighted by Gasteiger charge is -2.25. The Kier molecular flexibility index (Phi) is 7.76. The summed E-state index contributed by atoms with van der Waals surface area (Å²) < 4.78 is 33.5. The van der Waals surface area contributed by atoms with Crippen LogP contribution in [-0.4, -0.2) is 28.6 Å². The van der Waals surface area contributed by atoms with E-state index < -0.39 is 29.6 Å². The smallest absolute Gasteiger partial charge is 0.252 e. The van der Waals surface area contributed by atoms with Crippen molar-refractivity contribution in [1.82, 2.24) is 10.3 Å². The van der Waals surface area contributed by atoms with Crippen molar-refractivity contribution < 1.29 is 23.1 Å². The van der Waals surface area contributed by atoms with Crippen molar-refractivity contribution in [3.05, 3.63) is 99.9 Å². The molecule has 2 atom stereocenters. The quantitative estimate of drug-likeness (QED) is 0.301. The minimum absolute atomic E-state index is 0.139. The van der Waals surface area contributed by atoms with E-state index in [0.29, 0.717) is 29.1 Å². The molecule has 0 radical (unpaired) electrons. The Morgan fingerprint density at radius 1 is 1.08 bits per heavy atom. The van der Waals surface area contributed by atoms with E-state index in [9.17, 15) is 18.7 Å². The number of amides is 1. The second kappa shape index (κ2) is 11.0. The van der Waals surface area contributed by atoms with E-state index in [4.69, 9.17) is 10.2 Å². The van der Waals surface area contributed by atoms with Gasteiger partial charge in [-0.05, 0) is 53.3 Å². The molecule has 6 nitrogen and oxygen atoms in total. The van der Waals surface area contributed by atoms with Crippen molar-refractivity contribution in [2.75, 3.05) is 6.54 Å². The molecule has 36 heavy (non-hydrogen) atoms. The van der Waals surface area contributed by atoms with Crippen LogP contribution < -0.4 is 11.1 Å². The second-order valence-corrected chi connectivity index (χ2v) is 8.94. The summed E-state index contributed by atoms with van der Waals surface area (Å²) in [5.41, 5.74) is 9.59. The molecule has 1 aromatic heterocycles. The van der Waals surface area contributed by atoms with Crippen LogP contribution in [-0.2, 0) is 19.4 Å². The number of rotatable bonds is 10. The average molecular weight is 494 g/mol. The molecule has 0 saturated carbocycles. The van der Waals surface area contributed by atoms with Crippen LogP contribution in [0.3, 0.4) is 0 Å². The summed E-state index contributed by atoms with van der Waals surface area (Å²) in [6.45, 7) is 4.50. The number of nitrogens with one attached hydrogen (secondary N) is 1. The fraction of sp³-hybridized carbons (Fsp3) is 0.286. The standard InChI is InChI=1S/C28H29F2N3O3/c1-3-17-5-4-6-18(9-17)14-32-15-25(34)24(12-19-10-20(29)13-21(30)11-19)22-7-8-23(28(31)35)27-26(22)33-16(2)36-27/h4-11,13,24-25,32,34H,3,12,14-15H2,1-2H3,(H2,31,35)/t24-,25-/m0/s1. The Morgan fingerprint density at radius 3 is 2.50 bits per heavy atom. The molecule has 0 aliphatic carbocycles. The fourth-order valence-corrected chi connectivity index (χ4v) is 4.53. The monoisotopic (exact) mass is 493 g/mol. The zero-order chi connectivity index (χ0) is 25.8. The van der Waals surface area contributed by atoms with Crippen molar-refractivity contribution in [2.24, 2.45) is 5.73 Å². The molecular formula is C28H29F2N3O3. The number of carbonyl (C=O) groups is 1. The number of nitrogens with zero attached hydrogens (tertiary/aromatic N) is 1. The minimum atomic E-state index is -0.940. The number of aliphatic hydroxyl groups excluding tert-OH is 1. The van der Waals surface area contributed by atoms with E-state index in [-0.39, 0.29) is 24.1 Å². The first-order valence-corrected chi connectivity index (χ1v) is 11.9. The summed E-state index contributed by atoms with van der Waals surface area (Å²) in [5.74, 6) is -2.33. The van der Waals surface area contributed by atoms with Gasteiger partial charge in [0.2, 0.25) is 0 Å². The number of hydrogen-bond donors (Lipinski definition) is 3. The summed E-state index contributed by atoms with van der Waals surface area (Å²) in [7, 11) is 0. The normalized spacial score (nSPS) is 13.1. The Morgan fingerprint density at radius 2 is 1.81 bits per heavy atom. The van der Waals surface area contributed by atoms with Crippen LogP contribution in [0.25, 0.3) is 11.1 Å². The molecule has 1 amide bonds. The maximum Gasteiger partial charge on any atom is 0.252 e. The number of primary amides is 1. The Labute approximate surface area is 208 Å². The first-order valence-electron chi connectivity index (χ1n) is 11.9. The lowest BCUT2D eigenvalue weighted by molar-refractivity contribution is 0.100. The maximum absolute atomic E-state index is 13.9. The fourth-order valence-electron chi connectivity index (χ4n) is 4.53. The van der Waals surface area contributed by atoms with Gasteiger partial charge in [-0.25, -0.2) is 13.8 Å². The minimum Gasteiger partial charge on any atom is -0.440 e. The maximum atomic E-state index is 13.9. The Balaban J connectivity index is 1.66. The number of oxazole rings is 1. The highest BCUT2D eigenvalue weighted by atomic mass is 19.1. The number of aliphatic hydroxyl groups is 1. The van der Waals surface area contributed by atoms with Gasteiger partial charge in [0.1, 0.15) is 17.2 Å². The van der Waals surface area contributed by atoms with E-state index in [1.54, 1.807) is 13.0 Å². The average Bonchev–Trinajstić information content (AvgIpc) is 3.22. The van der Waals surface area contributed by atoms with Crippen molar-refractivity contribution >= 4 is 17.0 Å². The highest BCUT2D eigenvalue weighted by Crippen LogP contribution is 2.33. The molecular weight excluding hydrogens is 464 g/mol. The Hall–Kier alpha value is -3.62. The molecule has 0 aliphatic heterocycles. The molecule has 3 aromatic carbocycles. The molecule has 0 spiro atoms. The summed E-state index contributed by atoms with van der Waals surface area (Å²) in [6.07, 6.45) is 0.127. The number of benzene rings is 3. The van der Waals surface area contributed by atoms with Gasteiger partial charge in [-0.3, -0.25) is 4.79 Å². The van der Waals surface area contributed by atoms with Crippen LogP contribution >= 0.6 is 0 Å². The highest BCUT2D eigenvalue weighted by Gasteiger charge is 2.27. The summed E-state index contributed by atoms with van der Waals surface area (Å²) in [6, 6.07) is 14.7. The first kappa shape index (κ1) is 25.5. The number of aromatic nitrogens is 1. The van der Waals surface area contributed by atoms with Gasteiger partial charge in [0, 0.05) is 32.0 Å². The van der Waals surface area contributed by atoms with Gasteiger partial charge in [0.25, 0.3) is 5.91 Å². The van der Waals surface area contributed by atoms with Gasteiger partial charge in [0.15, 0.2) is 11.5 Å². The third-order valence-electron chi connectivity index (χ3n) is 6.27. The van der Waals surface area contributed by atoms with E-state index >= 15 is 0 Å². The van der Waals surface area contributed by atoms with E-state index in [1.165, 1.54) is 23.8 Å². The van der Waals surface area contributed by atoms with Crippen LogP contribution in [0.15, 0.2) is 59.0 Å². The van der Waals surface area contributed by atoms with Gasteiger partial charge in [-0.15, -0.1) is 0 Å². The lowest BCUT2D eigenvalue weighted by Crippen LogP contribution is -2.33. The number of hydrogen-bond acceptors (Lipinski definition) is 5. The van der Waals surface area contributed by atoms with Gasteiger partial charge >= 0.3 is 0 Å². The molecule has 4 N–H and O–H groups in total. The van der Waals surface area contributed by atoms with Crippen LogP contribution in [0.5, 0.6) is 0 Å². The topological polar surface area (TPSA) is 101 Å². The molecule has 0 unspecified atom stereocenters. The molecule has 4 aromatic rings. The number of halogens is 2.